The van der Waals surface area contributed by atoms with Crippen molar-refractivity contribution >= 4 is 27.4 Å². The second-order valence-corrected chi connectivity index (χ2v) is 4.04. The molecule has 1 heterocycles. The number of hydrogen-bond acceptors (Lipinski definition) is 3. The van der Waals surface area contributed by atoms with Crippen LogP contribution in [0.5, 0.6) is 0 Å². The van der Waals surface area contributed by atoms with Crippen molar-refractivity contribution in [2.75, 3.05) is 5.32 Å². The van der Waals surface area contributed by atoms with Crippen molar-refractivity contribution < 1.29 is 0 Å². The van der Waals surface area contributed by atoms with Gasteiger partial charge in [-0.1, -0.05) is 15.9 Å². The van der Waals surface area contributed by atoms with Crippen LogP contribution in [-0.2, 0) is 0 Å². The Bertz CT molecular complexity index is 454. The van der Waals surface area contributed by atoms with Crippen molar-refractivity contribution in [3.05, 3.63) is 46.8 Å². The van der Waals surface area contributed by atoms with E-state index in [9.17, 15) is 0 Å². The van der Waals surface area contributed by atoms with Gasteiger partial charge in [0.2, 0.25) is 0 Å². The molecule has 0 aliphatic rings. The van der Waals surface area contributed by atoms with Gasteiger partial charge >= 0.3 is 0 Å². The van der Waals surface area contributed by atoms with Crippen molar-refractivity contribution in [1.82, 2.24) is 9.97 Å². The highest BCUT2D eigenvalue weighted by atomic mass is 79.9. The van der Waals surface area contributed by atoms with E-state index in [1.165, 1.54) is 0 Å². The minimum Gasteiger partial charge on any atom is -0.340 e. The van der Waals surface area contributed by atoms with Gasteiger partial charge in [0.1, 0.15) is 11.6 Å². The van der Waals surface area contributed by atoms with E-state index in [1.807, 2.05) is 37.3 Å². The summed E-state index contributed by atoms with van der Waals surface area (Å²) in [7, 11) is 0. The van der Waals surface area contributed by atoms with Crippen LogP contribution in [0.4, 0.5) is 11.5 Å². The second-order valence-electron chi connectivity index (χ2n) is 3.12. The summed E-state index contributed by atoms with van der Waals surface area (Å²) in [6, 6.07) is 9.78. The summed E-state index contributed by atoms with van der Waals surface area (Å²) in [5.41, 5.74) is 1.01. The number of nitrogens with one attached hydrogen (secondary N) is 1. The second kappa shape index (κ2) is 4.40. The zero-order valence-electron chi connectivity index (χ0n) is 8.24. The highest BCUT2D eigenvalue weighted by Gasteiger charge is 1.96. The Balaban J connectivity index is 2.18. The smallest absolute Gasteiger partial charge is 0.134 e. The number of nitrogens with zero attached hydrogens (tertiary/aromatic N) is 2. The maximum Gasteiger partial charge on any atom is 0.134 e. The Hall–Kier alpha value is -1.42. The number of halogens is 1. The van der Waals surface area contributed by atoms with E-state index < -0.39 is 0 Å². The third-order valence-electron chi connectivity index (χ3n) is 1.89. The molecule has 2 rings (SSSR count). The van der Waals surface area contributed by atoms with Gasteiger partial charge in [0.05, 0.1) is 0 Å². The van der Waals surface area contributed by atoms with Crippen molar-refractivity contribution in [2.45, 2.75) is 6.92 Å². The lowest BCUT2D eigenvalue weighted by Crippen LogP contribution is -1.95. The molecule has 0 bridgehead atoms. The van der Waals surface area contributed by atoms with Crippen molar-refractivity contribution in [2.24, 2.45) is 0 Å². The molecular formula is C11H10BrN3. The average molecular weight is 264 g/mol. The van der Waals surface area contributed by atoms with Gasteiger partial charge in [0.15, 0.2) is 0 Å². The molecule has 1 aromatic carbocycles. The first-order valence-corrected chi connectivity index (χ1v) is 5.35. The van der Waals surface area contributed by atoms with Crippen LogP contribution in [0.15, 0.2) is 41.0 Å². The zero-order chi connectivity index (χ0) is 10.7. The van der Waals surface area contributed by atoms with Crippen LogP contribution in [0.2, 0.25) is 0 Å². The number of benzene rings is 1. The first kappa shape index (κ1) is 10.1. The van der Waals surface area contributed by atoms with Crippen LogP contribution < -0.4 is 5.32 Å². The molecule has 0 saturated heterocycles. The highest BCUT2D eigenvalue weighted by molar-refractivity contribution is 9.10. The lowest BCUT2D eigenvalue weighted by Gasteiger charge is -2.05. The minimum absolute atomic E-state index is 0.761. The zero-order valence-corrected chi connectivity index (χ0v) is 9.82. The molecule has 76 valence electrons. The van der Waals surface area contributed by atoms with Gasteiger partial charge in [-0.2, -0.15) is 0 Å². The van der Waals surface area contributed by atoms with Gasteiger partial charge in [-0.25, -0.2) is 9.97 Å². The van der Waals surface area contributed by atoms with E-state index in [0.29, 0.717) is 0 Å². The average Bonchev–Trinajstić information content (AvgIpc) is 2.22. The molecule has 0 amide bonds. The quantitative estimate of drug-likeness (QED) is 0.904. The summed E-state index contributed by atoms with van der Waals surface area (Å²) >= 11 is 3.39. The van der Waals surface area contributed by atoms with Crippen LogP contribution in [-0.4, -0.2) is 9.97 Å². The van der Waals surface area contributed by atoms with Crippen LogP contribution in [0.3, 0.4) is 0 Å². The Kier molecular flexibility index (Phi) is 2.97. The molecule has 15 heavy (non-hydrogen) atoms. The third kappa shape index (κ3) is 2.76. The summed E-state index contributed by atoms with van der Waals surface area (Å²) in [6.45, 7) is 1.87. The summed E-state index contributed by atoms with van der Waals surface area (Å²) in [5.74, 6) is 1.57. The van der Waals surface area contributed by atoms with Gasteiger partial charge < -0.3 is 5.32 Å². The van der Waals surface area contributed by atoms with E-state index in [1.54, 1.807) is 6.20 Å². The van der Waals surface area contributed by atoms with Gasteiger partial charge in [-0.3, -0.25) is 0 Å². The predicted molar refractivity (Wildman–Crippen MR) is 64.2 cm³/mol. The summed E-state index contributed by atoms with van der Waals surface area (Å²) in [4.78, 5) is 8.29. The van der Waals surface area contributed by atoms with Gasteiger partial charge in [-0.15, -0.1) is 0 Å². The predicted octanol–water partition coefficient (Wildman–Crippen LogP) is 3.29. The van der Waals surface area contributed by atoms with E-state index in [0.717, 1.165) is 21.8 Å². The Morgan fingerprint density at radius 3 is 2.53 bits per heavy atom. The molecule has 4 heteroatoms. The monoisotopic (exact) mass is 263 g/mol. The molecule has 1 aromatic heterocycles. The lowest BCUT2D eigenvalue weighted by molar-refractivity contribution is 1.06. The first-order chi connectivity index (χ1) is 7.24. The molecule has 3 nitrogen and oxygen atoms in total. The normalized spacial score (nSPS) is 10.0. The topological polar surface area (TPSA) is 37.8 Å². The molecule has 1 N–H and O–H groups in total. The largest absolute Gasteiger partial charge is 0.340 e. The Morgan fingerprint density at radius 1 is 1.13 bits per heavy atom. The summed E-state index contributed by atoms with van der Waals surface area (Å²) < 4.78 is 1.06. The fraction of sp³-hybridized carbons (Fsp3) is 0.0909. The fourth-order valence-corrected chi connectivity index (χ4v) is 1.47. The molecule has 0 radical (unpaired) electrons. The number of aromatic nitrogens is 2. The molecule has 0 spiro atoms. The molecule has 2 aromatic rings. The van der Waals surface area contributed by atoms with E-state index >= 15 is 0 Å². The SMILES string of the molecule is Cc1nccc(Nc2ccc(Br)cc2)n1. The molecule has 0 atom stereocenters. The molecule has 0 aliphatic carbocycles. The minimum atomic E-state index is 0.761. The molecule has 0 aliphatic heterocycles. The van der Waals surface area contributed by atoms with Crippen molar-refractivity contribution in [1.29, 1.82) is 0 Å². The standard InChI is InChI=1S/C11H10BrN3/c1-8-13-7-6-11(14-8)15-10-4-2-9(12)3-5-10/h2-7H,1H3,(H,13,14,15). The molecule has 0 unspecified atom stereocenters. The summed E-state index contributed by atoms with van der Waals surface area (Å²) in [6.07, 6.45) is 1.74. The summed E-state index contributed by atoms with van der Waals surface area (Å²) in [5, 5.41) is 3.20. The van der Waals surface area contributed by atoms with E-state index in [-0.39, 0.29) is 0 Å². The van der Waals surface area contributed by atoms with Crippen LogP contribution in [0, 0.1) is 6.92 Å². The number of aryl methyl sites for hydroxylation is 1. The fourth-order valence-electron chi connectivity index (χ4n) is 1.21. The Labute approximate surface area is 96.7 Å². The first-order valence-electron chi connectivity index (χ1n) is 4.56. The van der Waals surface area contributed by atoms with Crippen molar-refractivity contribution in [3.8, 4) is 0 Å². The van der Waals surface area contributed by atoms with Gasteiger partial charge in [-0.05, 0) is 37.3 Å². The number of hydrogen-bond donors (Lipinski definition) is 1. The highest BCUT2D eigenvalue weighted by Crippen LogP contribution is 2.17. The van der Waals surface area contributed by atoms with E-state index in [2.05, 4.69) is 31.2 Å². The molecule has 0 fully saturated rings. The van der Waals surface area contributed by atoms with Crippen LogP contribution in [0.1, 0.15) is 5.82 Å². The van der Waals surface area contributed by atoms with Crippen LogP contribution >= 0.6 is 15.9 Å². The maximum atomic E-state index is 4.26. The van der Waals surface area contributed by atoms with Crippen molar-refractivity contribution in [3.63, 3.8) is 0 Å². The third-order valence-corrected chi connectivity index (χ3v) is 2.42. The Morgan fingerprint density at radius 2 is 1.87 bits per heavy atom. The number of anilines is 2. The maximum absolute atomic E-state index is 4.26. The number of rotatable bonds is 2. The van der Waals surface area contributed by atoms with E-state index in [4.69, 9.17) is 0 Å². The van der Waals surface area contributed by atoms with Gasteiger partial charge in [0, 0.05) is 16.4 Å². The van der Waals surface area contributed by atoms with Crippen LogP contribution in [0.25, 0.3) is 0 Å². The van der Waals surface area contributed by atoms with Gasteiger partial charge in [0.25, 0.3) is 0 Å². The molecule has 0 saturated carbocycles. The molecular weight excluding hydrogens is 254 g/mol. The lowest BCUT2D eigenvalue weighted by atomic mass is 10.3.